The monoisotopic (exact) mass is 418 g/mol. The third-order valence-corrected chi connectivity index (χ3v) is 5.38. The van der Waals surface area contributed by atoms with Crippen molar-refractivity contribution in [3.63, 3.8) is 0 Å². The first kappa shape index (κ1) is 22.3. The van der Waals surface area contributed by atoms with Gasteiger partial charge in [-0.05, 0) is 57.9 Å². The van der Waals surface area contributed by atoms with Crippen molar-refractivity contribution in [1.82, 2.24) is 9.78 Å². The number of H-pyrrole nitrogens is 1. The fraction of sp³-hybridized carbons (Fsp3) is 0.308. The van der Waals surface area contributed by atoms with Crippen LogP contribution in [0.3, 0.4) is 0 Å². The first-order valence-corrected chi connectivity index (χ1v) is 10.3. The zero-order valence-corrected chi connectivity index (χ0v) is 19.0. The summed E-state index contributed by atoms with van der Waals surface area (Å²) in [6, 6.07) is 12.6. The number of nitrogens with one attached hydrogen (secondary N) is 1. The molecule has 0 aliphatic heterocycles. The summed E-state index contributed by atoms with van der Waals surface area (Å²) in [5.41, 5.74) is 3.80. The van der Waals surface area contributed by atoms with Gasteiger partial charge in [0.05, 0.1) is 21.8 Å². The average molecular weight is 419 g/mol. The van der Waals surface area contributed by atoms with Crippen LogP contribution in [0.15, 0.2) is 47.3 Å². The number of hydrogen-bond acceptors (Lipinski definition) is 2. The van der Waals surface area contributed by atoms with Crippen LogP contribution in [0.2, 0.25) is 0 Å². The van der Waals surface area contributed by atoms with Crippen molar-refractivity contribution < 1.29 is 9.90 Å². The lowest BCUT2D eigenvalue weighted by atomic mass is 9.79. The molecule has 0 bridgehead atoms. The first-order valence-electron chi connectivity index (χ1n) is 10.3. The van der Waals surface area contributed by atoms with E-state index in [1.54, 1.807) is 12.1 Å². The van der Waals surface area contributed by atoms with E-state index in [-0.39, 0.29) is 22.0 Å². The van der Waals surface area contributed by atoms with Crippen molar-refractivity contribution in [2.24, 2.45) is 0 Å². The molecular weight excluding hydrogens is 388 g/mol. The van der Waals surface area contributed by atoms with Crippen LogP contribution >= 0.6 is 0 Å². The van der Waals surface area contributed by atoms with Crippen LogP contribution in [0.4, 0.5) is 0 Å². The van der Waals surface area contributed by atoms with Crippen LogP contribution in [-0.4, -0.2) is 20.9 Å². The molecule has 5 nitrogen and oxygen atoms in total. The van der Waals surface area contributed by atoms with Gasteiger partial charge in [0.25, 0.3) is 5.56 Å². The van der Waals surface area contributed by atoms with E-state index in [1.807, 2.05) is 6.08 Å². The quantitative estimate of drug-likeness (QED) is 0.681. The average Bonchev–Trinajstić information content (AvgIpc) is 2.94. The molecule has 0 atom stereocenters. The van der Waals surface area contributed by atoms with E-state index < -0.39 is 5.97 Å². The number of nitrogens with zero attached hydrogens (tertiary/aromatic N) is 1. The summed E-state index contributed by atoms with van der Waals surface area (Å²) in [7, 11) is 0. The molecule has 3 rings (SSSR count). The minimum absolute atomic E-state index is 0.0264. The highest BCUT2D eigenvalue weighted by Crippen LogP contribution is 2.30. The highest BCUT2D eigenvalue weighted by molar-refractivity contribution is 5.87. The topological polar surface area (TPSA) is 75.1 Å². The number of aromatic amines is 1. The van der Waals surface area contributed by atoms with E-state index in [1.165, 1.54) is 27.9 Å². The predicted molar refractivity (Wildman–Crippen MR) is 126 cm³/mol. The van der Waals surface area contributed by atoms with Gasteiger partial charge in [-0.25, -0.2) is 9.48 Å². The summed E-state index contributed by atoms with van der Waals surface area (Å²) in [5, 5.41) is 13.1. The number of hydrogen-bond donors (Lipinski definition) is 2. The lowest BCUT2D eigenvalue weighted by molar-refractivity contribution is 0.0697. The van der Waals surface area contributed by atoms with Gasteiger partial charge in [0.2, 0.25) is 0 Å². The van der Waals surface area contributed by atoms with Gasteiger partial charge in [0.1, 0.15) is 0 Å². The van der Waals surface area contributed by atoms with Crippen LogP contribution in [0.1, 0.15) is 68.6 Å². The van der Waals surface area contributed by atoms with Crippen molar-refractivity contribution in [1.29, 1.82) is 0 Å². The van der Waals surface area contributed by atoms with Gasteiger partial charge in [-0.3, -0.25) is 9.89 Å². The van der Waals surface area contributed by atoms with Gasteiger partial charge < -0.3 is 5.11 Å². The third kappa shape index (κ3) is 4.71. The molecule has 2 N–H and O–H groups in total. The lowest BCUT2D eigenvalue weighted by Gasteiger charge is -2.25. The number of rotatable bonds is 3. The largest absolute Gasteiger partial charge is 0.478 e. The van der Waals surface area contributed by atoms with Gasteiger partial charge in [-0.2, -0.15) is 0 Å². The highest BCUT2D eigenvalue weighted by Gasteiger charge is 2.20. The van der Waals surface area contributed by atoms with Crippen molar-refractivity contribution in [3.05, 3.63) is 85.6 Å². The second kappa shape index (κ2) is 7.73. The fourth-order valence-corrected chi connectivity index (χ4v) is 3.35. The van der Waals surface area contributed by atoms with Crippen LogP contribution < -0.4 is 16.1 Å². The van der Waals surface area contributed by atoms with Crippen molar-refractivity contribution in [2.75, 3.05) is 0 Å². The molecule has 0 aliphatic carbocycles. The number of aromatic nitrogens is 2. The number of aromatic carboxylic acids is 1. The van der Waals surface area contributed by atoms with E-state index in [2.05, 4.69) is 71.4 Å². The van der Waals surface area contributed by atoms with E-state index in [0.717, 1.165) is 5.56 Å². The molecule has 5 heteroatoms. The maximum atomic E-state index is 13.1. The zero-order chi connectivity index (χ0) is 23.1. The third-order valence-electron chi connectivity index (χ3n) is 5.38. The van der Waals surface area contributed by atoms with Crippen molar-refractivity contribution in [2.45, 2.75) is 52.4 Å². The molecule has 0 aliphatic rings. The highest BCUT2D eigenvalue weighted by atomic mass is 16.4. The molecule has 3 aromatic rings. The normalized spacial score (nSPS) is 12.9. The minimum atomic E-state index is -1.01. The molecule has 162 valence electrons. The Morgan fingerprint density at radius 3 is 1.94 bits per heavy atom. The van der Waals surface area contributed by atoms with Crippen LogP contribution in [0, 0.1) is 0 Å². The Hall–Kier alpha value is -3.34. The summed E-state index contributed by atoms with van der Waals surface area (Å²) in [6.07, 6.45) is 1.87. The summed E-state index contributed by atoms with van der Waals surface area (Å²) >= 11 is 0. The molecule has 0 saturated carbocycles. The second-order valence-corrected chi connectivity index (χ2v) is 9.98. The summed E-state index contributed by atoms with van der Waals surface area (Å²) in [5.74, 6) is -1.01. The standard InChI is InChI=1S/C26H30N2O3/c1-16-22(23(29)28(27-16)21-10-8-18(9-11-21)24(30)31)14-17-12-19(25(2,3)4)15-20(13-17)26(5,6)7/h8-15,27H,1H2,2-7H3,(H,30,31)/b22-14+. The second-order valence-electron chi connectivity index (χ2n) is 9.98. The van der Waals surface area contributed by atoms with Gasteiger partial charge >= 0.3 is 5.97 Å². The predicted octanol–water partition coefficient (Wildman–Crippen LogP) is 3.70. The van der Waals surface area contributed by atoms with Crippen LogP contribution in [0.25, 0.3) is 18.3 Å². The van der Waals surface area contributed by atoms with E-state index in [4.69, 9.17) is 5.11 Å². The SMILES string of the molecule is C=c1[nH]n(-c2ccc(C(=O)O)cc2)c(=O)/c1=C/c1cc(C(C)(C)C)cc(C(C)(C)C)c1. The number of carbonyl (C=O) groups is 1. The van der Waals surface area contributed by atoms with E-state index in [9.17, 15) is 9.59 Å². The molecule has 0 saturated heterocycles. The molecular formula is C26H30N2O3. The molecule has 0 fully saturated rings. The molecule has 0 spiro atoms. The first-order chi connectivity index (χ1) is 14.3. The molecule has 1 aromatic heterocycles. The van der Waals surface area contributed by atoms with Gasteiger partial charge in [0.15, 0.2) is 0 Å². The minimum Gasteiger partial charge on any atom is -0.478 e. The molecule has 2 aromatic carbocycles. The molecule has 1 heterocycles. The summed E-state index contributed by atoms with van der Waals surface area (Å²) in [6.45, 7) is 17.1. The number of benzene rings is 2. The Labute approximate surface area is 182 Å². The van der Waals surface area contributed by atoms with Gasteiger partial charge in [0, 0.05) is 0 Å². The van der Waals surface area contributed by atoms with Crippen molar-refractivity contribution in [3.8, 4) is 5.69 Å². The smallest absolute Gasteiger partial charge is 0.335 e. The maximum absolute atomic E-state index is 13.1. The Bertz CT molecular complexity index is 1260. The molecule has 0 unspecified atom stereocenters. The Morgan fingerprint density at radius 1 is 0.968 bits per heavy atom. The zero-order valence-electron chi connectivity index (χ0n) is 19.0. The van der Waals surface area contributed by atoms with Gasteiger partial charge in [-0.15, -0.1) is 0 Å². The number of carboxylic acid groups (broad SMARTS) is 1. The van der Waals surface area contributed by atoms with Crippen molar-refractivity contribution >= 4 is 18.6 Å². The van der Waals surface area contributed by atoms with E-state index >= 15 is 0 Å². The molecule has 0 amide bonds. The fourth-order valence-electron chi connectivity index (χ4n) is 3.35. The van der Waals surface area contributed by atoms with E-state index in [0.29, 0.717) is 16.3 Å². The summed E-state index contributed by atoms with van der Waals surface area (Å²) in [4.78, 5) is 24.2. The Balaban J connectivity index is 2.18. The number of carboxylic acids is 1. The molecule has 31 heavy (non-hydrogen) atoms. The van der Waals surface area contributed by atoms with Crippen LogP contribution in [-0.2, 0) is 10.8 Å². The molecule has 0 radical (unpaired) electrons. The Morgan fingerprint density at radius 2 is 1.48 bits per heavy atom. The lowest BCUT2D eigenvalue weighted by Crippen LogP contribution is -2.34. The van der Waals surface area contributed by atoms with Crippen LogP contribution in [0.5, 0.6) is 0 Å². The van der Waals surface area contributed by atoms with Gasteiger partial charge in [-0.1, -0.05) is 66.3 Å². The Kier molecular flexibility index (Phi) is 5.57. The summed E-state index contributed by atoms with van der Waals surface area (Å²) < 4.78 is 1.39. The maximum Gasteiger partial charge on any atom is 0.335 e.